The van der Waals surface area contributed by atoms with Gasteiger partial charge in [-0.2, -0.15) is 0 Å². The van der Waals surface area contributed by atoms with Crippen molar-refractivity contribution in [2.24, 2.45) is 0 Å². The van der Waals surface area contributed by atoms with Gasteiger partial charge in [-0.25, -0.2) is 0 Å². The minimum Gasteiger partial charge on any atom is -0.487 e. The first-order chi connectivity index (χ1) is 13.9. The molecular weight excluding hydrogens is 362 g/mol. The highest BCUT2D eigenvalue weighted by Crippen LogP contribution is 2.40. The van der Waals surface area contributed by atoms with Gasteiger partial charge in [-0.3, -0.25) is 4.79 Å². The maximum atomic E-state index is 13.1. The molecule has 0 aliphatic carbocycles. The van der Waals surface area contributed by atoms with Gasteiger partial charge >= 0.3 is 0 Å². The summed E-state index contributed by atoms with van der Waals surface area (Å²) in [6.45, 7) is 6.13. The number of ether oxygens (including phenoxy) is 1. The van der Waals surface area contributed by atoms with Crippen molar-refractivity contribution in [1.29, 1.82) is 0 Å². The van der Waals surface area contributed by atoms with Crippen LogP contribution in [-0.2, 0) is 0 Å². The van der Waals surface area contributed by atoms with Crippen LogP contribution >= 0.6 is 0 Å². The lowest BCUT2D eigenvalue weighted by Crippen LogP contribution is -2.41. The van der Waals surface area contributed by atoms with E-state index >= 15 is 0 Å². The van der Waals surface area contributed by atoms with Crippen molar-refractivity contribution in [3.63, 3.8) is 0 Å². The molecule has 1 aliphatic rings. The van der Waals surface area contributed by atoms with Gasteiger partial charge < -0.3 is 14.5 Å². The highest BCUT2D eigenvalue weighted by Gasteiger charge is 2.35. The zero-order valence-electron chi connectivity index (χ0n) is 16.8. The van der Waals surface area contributed by atoms with Crippen molar-refractivity contribution in [2.75, 3.05) is 0 Å². The van der Waals surface area contributed by atoms with E-state index in [9.17, 15) is 4.79 Å². The average molecular weight is 385 g/mol. The standard InChI is InChI=1S/C25H23NO3/c1-15-8-10-18-20(14-25(2,3)29-22(18)12-15)26-24(27)23-13-19-17-7-5-4-6-16(17)9-11-21(19)28-23/h4-13,20H,14H2,1-3H3,(H,26,27)/t20-/m0/s1. The van der Waals surface area contributed by atoms with Crippen LogP contribution in [-0.4, -0.2) is 11.5 Å². The molecule has 0 spiro atoms. The summed E-state index contributed by atoms with van der Waals surface area (Å²) in [6.07, 6.45) is 0.692. The highest BCUT2D eigenvalue weighted by atomic mass is 16.5. The third-order valence-corrected chi connectivity index (χ3v) is 5.58. The molecule has 0 saturated heterocycles. The van der Waals surface area contributed by atoms with E-state index in [4.69, 9.17) is 9.15 Å². The SMILES string of the molecule is Cc1ccc2c(c1)OC(C)(C)C[C@@H]2NC(=O)c1cc2c(ccc3ccccc32)o1. The first kappa shape index (κ1) is 17.8. The first-order valence-corrected chi connectivity index (χ1v) is 9.91. The number of rotatable bonds is 2. The van der Waals surface area contributed by atoms with Crippen molar-refractivity contribution in [2.45, 2.75) is 38.8 Å². The van der Waals surface area contributed by atoms with Crippen LogP contribution in [0.5, 0.6) is 5.75 Å². The molecule has 2 heterocycles. The third-order valence-electron chi connectivity index (χ3n) is 5.58. The van der Waals surface area contributed by atoms with Crippen LogP contribution in [0.3, 0.4) is 0 Å². The van der Waals surface area contributed by atoms with Crippen LogP contribution in [0.25, 0.3) is 21.7 Å². The fourth-order valence-electron chi connectivity index (χ4n) is 4.22. The lowest BCUT2D eigenvalue weighted by atomic mass is 9.89. The van der Waals surface area contributed by atoms with E-state index in [0.29, 0.717) is 12.2 Å². The summed E-state index contributed by atoms with van der Waals surface area (Å²) in [7, 11) is 0. The summed E-state index contributed by atoms with van der Waals surface area (Å²) in [5, 5.41) is 6.33. The van der Waals surface area contributed by atoms with Gasteiger partial charge in [-0.15, -0.1) is 0 Å². The molecule has 1 aliphatic heterocycles. The molecule has 0 unspecified atom stereocenters. The zero-order chi connectivity index (χ0) is 20.2. The average Bonchev–Trinajstić information content (AvgIpc) is 3.12. The Balaban J connectivity index is 1.50. The predicted octanol–water partition coefficient (Wildman–Crippen LogP) is 5.93. The molecule has 1 N–H and O–H groups in total. The second kappa shape index (κ2) is 6.38. The van der Waals surface area contributed by atoms with Gasteiger partial charge in [0.25, 0.3) is 5.91 Å². The van der Waals surface area contributed by atoms with Crippen LogP contribution < -0.4 is 10.1 Å². The molecule has 1 amide bonds. The van der Waals surface area contributed by atoms with E-state index in [1.54, 1.807) is 0 Å². The number of nitrogens with one attached hydrogen (secondary N) is 1. The van der Waals surface area contributed by atoms with Gasteiger partial charge in [0, 0.05) is 17.4 Å². The quantitative estimate of drug-likeness (QED) is 0.465. The number of furan rings is 1. The fraction of sp³-hybridized carbons (Fsp3) is 0.240. The van der Waals surface area contributed by atoms with Crippen LogP contribution in [0.2, 0.25) is 0 Å². The second-order valence-corrected chi connectivity index (χ2v) is 8.44. The number of fused-ring (bicyclic) bond motifs is 4. The van der Waals surface area contributed by atoms with E-state index < -0.39 is 0 Å². The number of hydrogen-bond donors (Lipinski definition) is 1. The molecule has 0 saturated carbocycles. The highest BCUT2D eigenvalue weighted by molar-refractivity contribution is 6.08. The maximum absolute atomic E-state index is 13.1. The molecule has 0 radical (unpaired) electrons. The number of aryl methyl sites for hydroxylation is 1. The summed E-state index contributed by atoms with van der Waals surface area (Å²) in [5.74, 6) is 0.955. The van der Waals surface area contributed by atoms with Crippen molar-refractivity contribution in [1.82, 2.24) is 5.32 Å². The molecule has 4 aromatic rings. The van der Waals surface area contributed by atoms with Gasteiger partial charge in [0.15, 0.2) is 5.76 Å². The van der Waals surface area contributed by atoms with Gasteiger partial charge in [0.2, 0.25) is 0 Å². The van der Waals surface area contributed by atoms with Crippen molar-refractivity contribution in [3.05, 3.63) is 77.6 Å². The molecular formula is C25H23NO3. The summed E-state index contributed by atoms with van der Waals surface area (Å²) in [6, 6.07) is 19.9. The summed E-state index contributed by atoms with van der Waals surface area (Å²) in [5.41, 5.74) is 2.50. The topological polar surface area (TPSA) is 51.5 Å². The lowest BCUT2D eigenvalue weighted by Gasteiger charge is -2.38. The van der Waals surface area contributed by atoms with E-state index in [-0.39, 0.29) is 17.6 Å². The molecule has 146 valence electrons. The van der Waals surface area contributed by atoms with Crippen molar-refractivity contribution >= 4 is 27.6 Å². The number of amides is 1. The zero-order valence-corrected chi connectivity index (χ0v) is 16.8. The molecule has 3 aromatic carbocycles. The van der Waals surface area contributed by atoms with Gasteiger partial charge in [0.05, 0.1) is 6.04 Å². The molecule has 4 nitrogen and oxygen atoms in total. The summed E-state index contributed by atoms with van der Waals surface area (Å²) < 4.78 is 12.0. The van der Waals surface area contributed by atoms with Crippen LogP contribution in [0.4, 0.5) is 0 Å². The number of carbonyl (C=O) groups excluding carboxylic acids is 1. The Morgan fingerprint density at radius 1 is 1.03 bits per heavy atom. The molecule has 0 fully saturated rings. The minimum absolute atomic E-state index is 0.133. The van der Waals surface area contributed by atoms with E-state index in [1.165, 1.54) is 0 Å². The predicted molar refractivity (Wildman–Crippen MR) is 114 cm³/mol. The number of benzene rings is 3. The second-order valence-electron chi connectivity index (χ2n) is 8.44. The Kier molecular flexibility index (Phi) is 3.91. The molecule has 1 aromatic heterocycles. The summed E-state index contributed by atoms with van der Waals surface area (Å²) in [4.78, 5) is 13.1. The molecule has 5 rings (SSSR count). The monoisotopic (exact) mass is 385 g/mol. The van der Waals surface area contributed by atoms with Gasteiger partial charge in [-0.05, 0) is 55.3 Å². The third kappa shape index (κ3) is 3.15. The smallest absolute Gasteiger partial charge is 0.287 e. The van der Waals surface area contributed by atoms with Crippen LogP contribution in [0.15, 0.2) is 65.1 Å². The van der Waals surface area contributed by atoms with Gasteiger partial charge in [-0.1, -0.05) is 42.5 Å². The van der Waals surface area contributed by atoms with Crippen LogP contribution in [0, 0.1) is 6.92 Å². The van der Waals surface area contributed by atoms with E-state index in [0.717, 1.165) is 38.6 Å². The van der Waals surface area contributed by atoms with Crippen LogP contribution in [0.1, 0.15) is 48.0 Å². The Hall–Kier alpha value is -3.27. The Morgan fingerprint density at radius 3 is 2.72 bits per heavy atom. The minimum atomic E-state index is -0.358. The van der Waals surface area contributed by atoms with E-state index in [1.807, 2.05) is 69.3 Å². The molecule has 29 heavy (non-hydrogen) atoms. The maximum Gasteiger partial charge on any atom is 0.287 e. The largest absolute Gasteiger partial charge is 0.487 e. The van der Waals surface area contributed by atoms with Crippen molar-refractivity contribution in [3.8, 4) is 5.75 Å². The van der Waals surface area contributed by atoms with Gasteiger partial charge in [0.1, 0.15) is 16.9 Å². The Labute approximate surface area is 169 Å². The normalized spacial score (nSPS) is 17.7. The number of carbonyl (C=O) groups is 1. The van der Waals surface area contributed by atoms with E-state index in [2.05, 4.69) is 17.4 Å². The summed E-state index contributed by atoms with van der Waals surface area (Å²) >= 11 is 0. The lowest BCUT2D eigenvalue weighted by molar-refractivity contribution is 0.0611. The fourth-order valence-corrected chi connectivity index (χ4v) is 4.22. The number of hydrogen-bond acceptors (Lipinski definition) is 3. The Bertz CT molecular complexity index is 1250. The molecule has 1 atom stereocenters. The Morgan fingerprint density at radius 2 is 1.86 bits per heavy atom. The first-order valence-electron chi connectivity index (χ1n) is 9.91. The molecule has 0 bridgehead atoms. The van der Waals surface area contributed by atoms with Crippen molar-refractivity contribution < 1.29 is 13.9 Å². The molecule has 4 heteroatoms.